The van der Waals surface area contributed by atoms with Crippen molar-refractivity contribution in [3.8, 4) is 0 Å². The van der Waals surface area contributed by atoms with Gasteiger partial charge < -0.3 is 4.74 Å². The van der Waals surface area contributed by atoms with Gasteiger partial charge in [0.05, 0.1) is 7.11 Å². The summed E-state index contributed by atoms with van der Waals surface area (Å²) < 4.78 is 5.00. The molecule has 82 valence electrons. The first-order chi connectivity index (χ1) is 6.26. The van der Waals surface area contributed by atoms with Crippen molar-refractivity contribution in [2.45, 2.75) is 33.3 Å². The number of rotatable bonds is 3. The van der Waals surface area contributed by atoms with Crippen LogP contribution in [0.3, 0.4) is 0 Å². The van der Waals surface area contributed by atoms with Crippen LogP contribution in [0.25, 0.3) is 0 Å². The van der Waals surface area contributed by atoms with E-state index in [-0.39, 0.29) is 12.3 Å². The van der Waals surface area contributed by atoms with Crippen molar-refractivity contribution in [1.82, 2.24) is 5.06 Å². The third-order valence-electron chi connectivity index (χ3n) is 1.18. The van der Waals surface area contributed by atoms with Gasteiger partial charge in [-0.05, 0) is 27.7 Å². The fourth-order valence-electron chi connectivity index (χ4n) is 0.719. The number of hydrogen-bond donors (Lipinski definition) is 0. The van der Waals surface area contributed by atoms with Gasteiger partial charge >= 0.3 is 6.09 Å². The summed E-state index contributed by atoms with van der Waals surface area (Å²) in [5, 5.41) is 0.883. The predicted molar refractivity (Wildman–Crippen MR) is 50.6 cm³/mol. The maximum absolute atomic E-state index is 11.4. The molecule has 1 amide bonds. The highest BCUT2D eigenvalue weighted by Crippen LogP contribution is 2.09. The Morgan fingerprint density at radius 1 is 1.29 bits per heavy atom. The van der Waals surface area contributed by atoms with E-state index in [0.717, 1.165) is 5.06 Å². The lowest BCUT2D eigenvalue weighted by atomic mass is 10.2. The Morgan fingerprint density at radius 3 is 2.07 bits per heavy atom. The number of carbonyl (C=O) groups excluding carboxylic acids is 2. The van der Waals surface area contributed by atoms with Crippen LogP contribution in [-0.4, -0.2) is 36.2 Å². The molecule has 0 atom stereocenters. The number of ether oxygens (including phenoxy) is 1. The van der Waals surface area contributed by atoms with Gasteiger partial charge in [-0.25, -0.2) is 4.79 Å². The zero-order chi connectivity index (χ0) is 11.4. The highest BCUT2D eigenvalue weighted by atomic mass is 16.7. The van der Waals surface area contributed by atoms with Gasteiger partial charge in [0.15, 0.2) is 5.78 Å². The zero-order valence-electron chi connectivity index (χ0n) is 9.29. The third-order valence-corrected chi connectivity index (χ3v) is 1.18. The van der Waals surface area contributed by atoms with Crippen LogP contribution in [0.2, 0.25) is 0 Å². The Bertz CT molecular complexity index is 219. The molecule has 0 radical (unpaired) electrons. The molecule has 0 aromatic carbocycles. The predicted octanol–water partition coefficient (Wildman–Crippen LogP) is 1.37. The zero-order valence-corrected chi connectivity index (χ0v) is 9.29. The van der Waals surface area contributed by atoms with Gasteiger partial charge in [-0.1, -0.05) is 0 Å². The van der Waals surface area contributed by atoms with Crippen LogP contribution in [0.5, 0.6) is 0 Å². The summed E-state index contributed by atoms with van der Waals surface area (Å²) >= 11 is 0. The molecule has 0 saturated heterocycles. The van der Waals surface area contributed by atoms with Crippen LogP contribution in [0, 0.1) is 0 Å². The second-order valence-corrected chi connectivity index (χ2v) is 3.90. The molecule has 0 bridgehead atoms. The summed E-state index contributed by atoms with van der Waals surface area (Å²) in [6, 6.07) is 0. The van der Waals surface area contributed by atoms with E-state index in [4.69, 9.17) is 9.57 Å². The molecular weight excluding hydrogens is 186 g/mol. The molecule has 0 aliphatic heterocycles. The lowest BCUT2D eigenvalue weighted by molar-refractivity contribution is -0.142. The van der Waals surface area contributed by atoms with E-state index in [1.807, 2.05) is 0 Å². The maximum Gasteiger partial charge on any atom is 0.434 e. The molecule has 0 unspecified atom stereocenters. The number of hydroxylamine groups is 2. The highest BCUT2D eigenvalue weighted by Gasteiger charge is 2.22. The van der Waals surface area contributed by atoms with Crippen molar-refractivity contribution in [1.29, 1.82) is 0 Å². The maximum atomic E-state index is 11.4. The van der Waals surface area contributed by atoms with Crippen molar-refractivity contribution in [3.63, 3.8) is 0 Å². The molecule has 0 spiro atoms. The van der Waals surface area contributed by atoms with Crippen molar-refractivity contribution in [2.24, 2.45) is 0 Å². The largest absolute Gasteiger partial charge is 0.442 e. The van der Waals surface area contributed by atoms with Crippen molar-refractivity contribution in [2.75, 3.05) is 13.7 Å². The minimum atomic E-state index is -0.657. The van der Waals surface area contributed by atoms with E-state index in [1.165, 1.54) is 14.0 Å². The summed E-state index contributed by atoms with van der Waals surface area (Å²) in [6.45, 7) is 6.49. The molecule has 5 nitrogen and oxygen atoms in total. The molecule has 0 N–H and O–H groups in total. The molecule has 0 fully saturated rings. The Labute approximate surface area is 83.9 Å². The first kappa shape index (κ1) is 12.9. The van der Waals surface area contributed by atoms with Gasteiger partial charge in [-0.3, -0.25) is 9.63 Å². The molecule has 0 aliphatic rings. The van der Waals surface area contributed by atoms with E-state index < -0.39 is 11.7 Å². The molecule has 0 saturated carbocycles. The van der Waals surface area contributed by atoms with E-state index in [0.29, 0.717) is 0 Å². The number of amides is 1. The number of nitrogens with zero attached hydrogens (tertiary/aromatic N) is 1. The van der Waals surface area contributed by atoms with Gasteiger partial charge in [0.2, 0.25) is 0 Å². The third kappa shape index (κ3) is 5.53. The van der Waals surface area contributed by atoms with Crippen molar-refractivity contribution >= 4 is 11.9 Å². The molecule has 0 rings (SSSR count). The normalized spacial score (nSPS) is 10.9. The van der Waals surface area contributed by atoms with E-state index in [9.17, 15) is 9.59 Å². The average molecular weight is 203 g/mol. The SMILES string of the molecule is CON(CC(C)=O)C(=O)OC(C)(C)C. The summed E-state index contributed by atoms with van der Waals surface area (Å²) in [6.07, 6.45) is -0.657. The van der Waals surface area contributed by atoms with Gasteiger partial charge in [0, 0.05) is 0 Å². The standard InChI is InChI=1S/C9H17NO4/c1-7(11)6-10(13-5)8(12)14-9(2,3)4/h6H2,1-5H3. The van der Waals surface area contributed by atoms with Gasteiger partial charge in [-0.2, -0.15) is 5.06 Å². The van der Waals surface area contributed by atoms with E-state index in [1.54, 1.807) is 20.8 Å². The van der Waals surface area contributed by atoms with E-state index >= 15 is 0 Å². The second-order valence-electron chi connectivity index (χ2n) is 3.90. The number of Topliss-reactive ketones (excluding diaryl/α,β-unsaturated/α-hetero) is 1. The minimum Gasteiger partial charge on any atom is -0.442 e. The molecule has 0 aromatic heterocycles. The number of carbonyl (C=O) groups is 2. The van der Waals surface area contributed by atoms with Crippen LogP contribution >= 0.6 is 0 Å². The lowest BCUT2D eigenvalue weighted by Crippen LogP contribution is -2.38. The number of hydrogen-bond acceptors (Lipinski definition) is 4. The Balaban J connectivity index is 4.25. The molecule has 14 heavy (non-hydrogen) atoms. The molecule has 0 heterocycles. The van der Waals surface area contributed by atoms with Crippen LogP contribution in [0.1, 0.15) is 27.7 Å². The fraction of sp³-hybridized carbons (Fsp3) is 0.778. The van der Waals surface area contributed by atoms with Gasteiger partial charge in [0.25, 0.3) is 0 Å². The summed E-state index contributed by atoms with van der Waals surface area (Å²) in [7, 11) is 1.31. The van der Waals surface area contributed by atoms with Crippen LogP contribution in [0.15, 0.2) is 0 Å². The average Bonchev–Trinajstić information content (AvgIpc) is 1.96. The van der Waals surface area contributed by atoms with Gasteiger partial charge in [-0.15, -0.1) is 0 Å². The minimum absolute atomic E-state index is 0.106. The molecule has 0 aliphatic carbocycles. The highest BCUT2D eigenvalue weighted by molar-refractivity contribution is 5.81. The second kappa shape index (κ2) is 4.95. The van der Waals surface area contributed by atoms with Crippen LogP contribution in [0.4, 0.5) is 4.79 Å². The molecular formula is C9H17NO4. The first-order valence-electron chi connectivity index (χ1n) is 4.30. The summed E-state index contributed by atoms with van der Waals surface area (Å²) in [4.78, 5) is 26.8. The van der Waals surface area contributed by atoms with Crippen LogP contribution in [-0.2, 0) is 14.4 Å². The Morgan fingerprint density at radius 2 is 1.79 bits per heavy atom. The Kier molecular flexibility index (Phi) is 4.56. The summed E-state index contributed by atoms with van der Waals surface area (Å²) in [5.74, 6) is -0.169. The fourth-order valence-corrected chi connectivity index (χ4v) is 0.719. The van der Waals surface area contributed by atoms with Crippen molar-refractivity contribution in [3.05, 3.63) is 0 Å². The lowest BCUT2D eigenvalue weighted by Gasteiger charge is -2.24. The van der Waals surface area contributed by atoms with E-state index in [2.05, 4.69) is 0 Å². The smallest absolute Gasteiger partial charge is 0.434 e. The van der Waals surface area contributed by atoms with Crippen LogP contribution < -0.4 is 0 Å². The quantitative estimate of drug-likeness (QED) is 0.650. The first-order valence-corrected chi connectivity index (χ1v) is 4.30. The monoisotopic (exact) mass is 203 g/mol. The Hall–Kier alpha value is -1.10. The number of ketones is 1. The van der Waals surface area contributed by atoms with Gasteiger partial charge in [0.1, 0.15) is 12.1 Å². The molecule has 0 aromatic rings. The summed E-state index contributed by atoms with van der Waals surface area (Å²) in [5.41, 5.74) is -0.593. The molecule has 5 heteroatoms. The van der Waals surface area contributed by atoms with Crippen molar-refractivity contribution < 1.29 is 19.2 Å². The topological polar surface area (TPSA) is 55.8 Å².